The van der Waals surface area contributed by atoms with E-state index in [0.717, 1.165) is 38.7 Å². The molecule has 1 saturated heterocycles. The van der Waals surface area contributed by atoms with Gasteiger partial charge in [-0.05, 0) is 41.5 Å². The van der Waals surface area contributed by atoms with Gasteiger partial charge in [-0.2, -0.15) is 0 Å². The lowest BCUT2D eigenvalue weighted by atomic mass is 10.2. The number of carbonyl (C=O) groups is 1. The Morgan fingerprint density at radius 1 is 1.21 bits per heavy atom. The van der Waals surface area contributed by atoms with Gasteiger partial charge in [-0.3, -0.25) is 9.89 Å². The van der Waals surface area contributed by atoms with Crippen molar-refractivity contribution in [3.8, 4) is 0 Å². The molecule has 0 aromatic carbocycles. The van der Waals surface area contributed by atoms with E-state index in [4.69, 9.17) is 4.74 Å². The van der Waals surface area contributed by atoms with Crippen LogP contribution in [0.15, 0.2) is 4.99 Å². The van der Waals surface area contributed by atoms with Crippen molar-refractivity contribution in [1.82, 2.24) is 20.4 Å². The Kier molecular flexibility index (Phi) is 8.31. The minimum atomic E-state index is -0.435. The fraction of sp³-hybridized carbons (Fsp3) is 0.882. The minimum Gasteiger partial charge on any atom is -0.444 e. The molecule has 2 N–H and O–H groups in total. The van der Waals surface area contributed by atoms with E-state index in [1.165, 1.54) is 0 Å². The predicted octanol–water partition coefficient (Wildman–Crippen LogP) is 1.50. The van der Waals surface area contributed by atoms with Crippen molar-refractivity contribution in [2.75, 3.05) is 45.8 Å². The van der Waals surface area contributed by atoms with Crippen LogP contribution in [0.4, 0.5) is 4.79 Å². The topological polar surface area (TPSA) is 69.2 Å². The molecule has 1 rings (SSSR count). The molecular formula is C17H35N5O2. The van der Waals surface area contributed by atoms with Crippen molar-refractivity contribution in [3.05, 3.63) is 0 Å². The van der Waals surface area contributed by atoms with E-state index in [2.05, 4.69) is 41.3 Å². The van der Waals surface area contributed by atoms with Crippen molar-refractivity contribution in [1.29, 1.82) is 0 Å². The average Bonchev–Trinajstić information content (AvgIpc) is 2.45. The molecule has 0 aromatic heterocycles. The summed E-state index contributed by atoms with van der Waals surface area (Å²) in [6, 6.07) is 0.361. The largest absolute Gasteiger partial charge is 0.444 e. The van der Waals surface area contributed by atoms with E-state index < -0.39 is 5.60 Å². The third-order valence-corrected chi connectivity index (χ3v) is 3.48. The Labute approximate surface area is 146 Å². The van der Waals surface area contributed by atoms with Gasteiger partial charge >= 0.3 is 6.09 Å². The second-order valence-corrected chi connectivity index (χ2v) is 7.37. The van der Waals surface area contributed by atoms with Crippen LogP contribution >= 0.6 is 0 Å². The number of hydrogen-bond donors (Lipinski definition) is 2. The lowest BCUT2D eigenvalue weighted by Gasteiger charge is -2.35. The molecule has 140 valence electrons. The lowest BCUT2D eigenvalue weighted by Crippen LogP contribution is -2.50. The molecule has 0 unspecified atom stereocenters. The smallest absolute Gasteiger partial charge is 0.410 e. The molecule has 24 heavy (non-hydrogen) atoms. The van der Waals surface area contributed by atoms with Crippen molar-refractivity contribution in [3.63, 3.8) is 0 Å². The fourth-order valence-electron chi connectivity index (χ4n) is 2.38. The molecule has 0 bridgehead atoms. The summed E-state index contributed by atoms with van der Waals surface area (Å²) in [7, 11) is 0. The van der Waals surface area contributed by atoms with Crippen LogP contribution < -0.4 is 10.6 Å². The Balaban J connectivity index is 2.34. The molecule has 1 fully saturated rings. The summed E-state index contributed by atoms with van der Waals surface area (Å²) in [6.07, 6.45) is -0.212. The number of hydrogen-bond acceptors (Lipinski definition) is 4. The van der Waals surface area contributed by atoms with Gasteiger partial charge in [0, 0.05) is 45.3 Å². The van der Waals surface area contributed by atoms with E-state index in [-0.39, 0.29) is 6.09 Å². The van der Waals surface area contributed by atoms with Gasteiger partial charge in [0.15, 0.2) is 5.96 Å². The summed E-state index contributed by atoms with van der Waals surface area (Å²) in [6.45, 7) is 17.6. The number of ether oxygens (including phenoxy) is 1. The van der Waals surface area contributed by atoms with Crippen LogP contribution in [0, 0.1) is 0 Å². The highest BCUT2D eigenvalue weighted by atomic mass is 16.6. The molecule has 1 amide bonds. The molecule has 1 aliphatic rings. The van der Waals surface area contributed by atoms with Crippen molar-refractivity contribution in [2.45, 2.75) is 53.2 Å². The quantitative estimate of drug-likeness (QED) is 0.586. The van der Waals surface area contributed by atoms with Gasteiger partial charge < -0.3 is 20.3 Å². The number of nitrogens with one attached hydrogen (secondary N) is 2. The summed E-state index contributed by atoms with van der Waals surface area (Å²) < 4.78 is 5.42. The predicted molar refractivity (Wildman–Crippen MR) is 98.5 cm³/mol. The van der Waals surface area contributed by atoms with E-state index in [1.54, 1.807) is 4.90 Å². The fourth-order valence-corrected chi connectivity index (χ4v) is 2.38. The Bertz CT molecular complexity index is 410. The first-order chi connectivity index (χ1) is 11.2. The van der Waals surface area contributed by atoms with E-state index in [9.17, 15) is 4.79 Å². The molecule has 7 heteroatoms. The molecular weight excluding hydrogens is 306 g/mol. The third-order valence-electron chi connectivity index (χ3n) is 3.48. The highest BCUT2D eigenvalue weighted by Gasteiger charge is 2.25. The molecule has 0 aromatic rings. The summed E-state index contributed by atoms with van der Waals surface area (Å²) in [4.78, 5) is 20.8. The van der Waals surface area contributed by atoms with E-state index >= 15 is 0 Å². The van der Waals surface area contributed by atoms with Crippen LogP contribution in [-0.4, -0.2) is 79.3 Å². The summed E-state index contributed by atoms with van der Waals surface area (Å²) in [5.74, 6) is 0.861. The Morgan fingerprint density at radius 3 is 2.33 bits per heavy atom. The molecule has 0 saturated carbocycles. The van der Waals surface area contributed by atoms with Gasteiger partial charge in [0.05, 0.1) is 6.54 Å². The maximum Gasteiger partial charge on any atom is 0.410 e. The summed E-state index contributed by atoms with van der Waals surface area (Å²) in [5.41, 5.74) is -0.435. The van der Waals surface area contributed by atoms with Crippen LogP contribution in [-0.2, 0) is 4.74 Å². The van der Waals surface area contributed by atoms with Gasteiger partial charge in [0.1, 0.15) is 5.60 Å². The maximum atomic E-state index is 12.0. The molecule has 1 aliphatic heterocycles. The molecule has 1 heterocycles. The Hall–Kier alpha value is -1.50. The standard InChI is InChI=1S/C17H35N5O2/c1-7-18-15(20-14(2)3)19-8-9-21-10-12-22(13-11-21)16(23)24-17(4,5)6/h14H,7-13H2,1-6H3,(H2,18,19,20). The molecule has 0 atom stereocenters. The zero-order valence-corrected chi connectivity index (χ0v) is 16.2. The number of carbonyl (C=O) groups excluding carboxylic acids is 1. The monoisotopic (exact) mass is 341 g/mol. The molecule has 7 nitrogen and oxygen atoms in total. The molecule has 0 aliphatic carbocycles. The average molecular weight is 342 g/mol. The van der Waals surface area contributed by atoms with Crippen molar-refractivity contribution >= 4 is 12.1 Å². The van der Waals surface area contributed by atoms with Gasteiger partial charge in [-0.1, -0.05) is 0 Å². The summed E-state index contributed by atoms with van der Waals surface area (Å²) >= 11 is 0. The SMILES string of the molecule is CCNC(=NCCN1CCN(C(=O)OC(C)(C)C)CC1)NC(C)C. The second-order valence-electron chi connectivity index (χ2n) is 7.37. The van der Waals surface area contributed by atoms with Gasteiger partial charge in [-0.15, -0.1) is 0 Å². The van der Waals surface area contributed by atoms with Crippen molar-refractivity contribution < 1.29 is 9.53 Å². The third kappa shape index (κ3) is 8.38. The first-order valence-corrected chi connectivity index (χ1v) is 8.96. The second kappa shape index (κ2) is 9.71. The van der Waals surface area contributed by atoms with Crippen molar-refractivity contribution in [2.24, 2.45) is 4.99 Å². The zero-order chi connectivity index (χ0) is 18.2. The number of piperazine rings is 1. The van der Waals surface area contributed by atoms with E-state index in [0.29, 0.717) is 19.1 Å². The number of rotatable bonds is 5. The van der Waals surface area contributed by atoms with Gasteiger partial charge in [0.25, 0.3) is 0 Å². The zero-order valence-electron chi connectivity index (χ0n) is 16.2. The van der Waals surface area contributed by atoms with Crippen LogP contribution in [0.25, 0.3) is 0 Å². The number of guanidine groups is 1. The highest BCUT2D eigenvalue weighted by Crippen LogP contribution is 2.11. The minimum absolute atomic E-state index is 0.212. The van der Waals surface area contributed by atoms with Crippen LogP contribution in [0.3, 0.4) is 0 Å². The number of amides is 1. The van der Waals surface area contributed by atoms with Gasteiger partial charge in [0.2, 0.25) is 0 Å². The maximum absolute atomic E-state index is 12.0. The van der Waals surface area contributed by atoms with E-state index in [1.807, 2.05) is 20.8 Å². The van der Waals surface area contributed by atoms with Crippen LogP contribution in [0.2, 0.25) is 0 Å². The summed E-state index contributed by atoms with van der Waals surface area (Å²) in [5, 5.41) is 6.56. The van der Waals surface area contributed by atoms with Crippen LogP contribution in [0.1, 0.15) is 41.5 Å². The first-order valence-electron chi connectivity index (χ1n) is 8.96. The van der Waals surface area contributed by atoms with Crippen LogP contribution in [0.5, 0.6) is 0 Å². The molecule has 0 spiro atoms. The molecule has 0 radical (unpaired) electrons. The number of aliphatic imine (C=N–C) groups is 1. The van der Waals surface area contributed by atoms with Gasteiger partial charge in [-0.25, -0.2) is 4.79 Å². The normalized spacial score (nSPS) is 17.1. The highest BCUT2D eigenvalue weighted by molar-refractivity contribution is 5.79. The number of nitrogens with zero attached hydrogens (tertiary/aromatic N) is 3. The lowest BCUT2D eigenvalue weighted by molar-refractivity contribution is 0.0148. The first kappa shape index (κ1) is 20.5. The Morgan fingerprint density at radius 2 is 1.83 bits per heavy atom.